The fraction of sp³-hybridized carbons (Fsp3) is 0.533. The Morgan fingerprint density at radius 1 is 1.45 bits per heavy atom. The number of hydrogen-bond donors (Lipinski definition) is 2. The van der Waals surface area contributed by atoms with Crippen LogP contribution in [0.25, 0.3) is 0 Å². The van der Waals surface area contributed by atoms with Crippen LogP contribution < -0.4 is 10.1 Å². The largest absolute Gasteiger partial charge is 0.490 e. The second kappa shape index (κ2) is 9.31. The van der Waals surface area contributed by atoms with Crippen LogP contribution in [0.5, 0.6) is 5.75 Å². The van der Waals surface area contributed by atoms with E-state index >= 15 is 0 Å². The Hall–Kier alpha value is -1.62. The summed E-state index contributed by atoms with van der Waals surface area (Å²) in [6, 6.07) is 6.11. The fourth-order valence-corrected chi connectivity index (χ4v) is 1.80. The first kappa shape index (κ1) is 16.4. The maximum atomic E-state index is 13.2. The zero-order valence-electron chi connectivity index (χ0n) is 11.8. The van der Waals surface area contributed by atoms with E-state index in [1.54, 1.807) is 12.1 Å². The molecule has 0 aliphatic rings. The Morgan fingerprint density at radius 2 is 2.20 bits per heavy atom. The molecule has 0 saturated carbocycles. The Bertz CT molecular complexity index is 412. The molecule has 112 valence electrons. The molecule has 5 heteroatoms. The van der Waals surface area contributed by atoms with E-state index in [9.17, 15) is 9.18 Å². The molecule has 0 fully saturated rings. The fourth-order valence-electron chi connectivity index (χ4n) is 1.80. The van der Waals surface area contributed by atoms with Gasteiger partial charge in [-0.1, -0.05) is 25.5 Å². The lowest BCUT2D eigenvalue weighted by molar-refractivity contribution is -0.121. The zero-order chi connectivity index (χ0) is 14.8. The van der Waals surface area contributed by atoms with Gasteiger partial charge in [-0.25, -0.2) is 4.39 Å². The summed E-state index contributed by atoms with van der Waals surface area (Å²) in [5, 5.41) is 11.7. The minimum absolute atomic E-state index is 0.127. The highest BCUT2D eigenvalue weighted by Crippen LogP contribution is 2.15. The molecular weight excluding hydrogens is 261 g/mol. The van der Waals surface area contributed by atoms with E-state index in [2.05, 4.69) is 5.32 Å². The van der Waals surface area contributed by atoms with Crippen LogP contribution >= 0.6 is 0 Å². The number of aliphatic hydroxyl groups is 1. The molecule has 0 saturated heterocycles. The van der Waals surface area contributed by atoms with Gasteiger partial charge in [0.2, 0.25) is 5.91 Å². The molecule has 20 heavy (non-hydrogen) atoms. The molecule has 1 unspecified atom stereocenters. The van der Waals surface area contributed by atoms with Crippen molar-refractivity contribution in [3.63, 3.8) is 0 Å². The predicted octanol–water partition coefficient (Wildman–Crippen LogP) is 2.12. The van der Waals surface area contributed by atoms with Gasteiger partial charge in [0, 0.05) is 13.2 Å². The van der Waals surface area contributed by atoms with Gasteiger partial charge >= 0.3 is 0 Å². The summed E-state index contributed by atoms with van der Waals surface area (Å²) in [5.41, 5.74) is 0. The number of nitrogens with one attached hydrogen (secondary N) is 1. The maximum Gasteiger partial charge on any atom is 0.223 e. The number of para-hydroxylation sites is 1. The number of carbonyl (C=O) groups is 1. The van der Waals surface area contributed by atoms with Crippen molar-refractivity contribution in [1.29, 1.82) is 0 Å². The van der Waals surface area contributed by atoms with Crippen LogP contribution in [0.3, 0.4) is 0 Å². The van der Waals surface area contributed by atoms with Gasteiger partial charge in [0.05, 0.1) is 13.0 Å². The lowest BCUT2D eigenvalue weighted by atomic mass is 10.0. The summed E-state index contributed by atoms with van der Waals surface area (Å²) in [4.78, 5) is 11.6. The van der Waals surface area contributed by atoms with Crippen LogP contribution in [0.15, 0.2) is 24.3 Å². The molecule has 1 aromatic carbocycles. The molecular formula is C15H22FNO3. The summed E-state index contributed by atoms with van der Waals surface area (Å²) in [7, 11) is 0. The van der Waals surface area contributed by atoms with Crippen LogP contribution in [0.2, 0.25) is 0 Å². The van der Waals surface area contributed by atoms with Gasteiger partial charge in [-0.15, -0.1) is 0 Å². The number of ether oxygens (including phenoxy) is 1. The minimum atomic E-state index is -0.429. The molecule has 0 radical (unpaired) electrons. The van der Waals surface area contributed by atoms with Crippen molar-refractivity contribution in [2.45, 2.75) is 26.2 Å². The quantitative estimate of drug-likeness (QED) is 0.730. The van der Waals surface area contributed by atoms with Crippen LogP contribution in [0, 0.1) is 11.7 Å². The van der Waals surface area contributed by atoms with Crippen molar-refractivity contribution < 1.29 is 19.0 Å². The topological polar surface area (TPSA) is 58.6 Å². The molecule has 0 spiro atoms. The van der Waals surface area contributed by atoms with Gasteiger partial charge in [-0.3, -0.25) is 4.79 Å². The van der Waals surface area contributed by atoms with E-state index < -0.39 is 5.82 Å². The summed E-state index contributed by atoms with van der Waals surface area (Å²) < 4.78 is 18.5. The average molecular weight is 283 g/mol. The number of halogens is 1. The Balaban J connectivity index is 2.22. The van der Waals surface area contributed by atoms with Gasteiger partial charge in [0.1, 0.15) is 0 Å². The van der Waals surface area contributed by atoms with Crippen molar-refractivity contribution in [1.82, 2.24) is 5.32 Å². The van der Waals surface area contributed by atoms with Crippen molar-refractivity contribution in [3.8, 4) is 5.75 Å². The lowest BCUT2D eigenvalue weighted by Crippen LogP contribution is -2.30. The van der Waals surface area contributed by atoms with Crippen molar-refractivity contribution in [2.24, 2.45) is 5.92 Å². The highest BCUT2D eigenvalue weighted by molar-refractivity contribution is 5.75. The van der Waals surface area contributed by atoms with E-state index in [1.165, 1.54) is 12.1 Å². The average Bonchev–Trinajstić information content (AvgIpc) is 2.45. The van der Waals surface area contributed by atoms with Crippen LogP contribution in [0.4, 0.5) is 4.39 Å². The third-order valence-corrected chi connectivity index (χ3v) is 3.13. The SMILES string of the molecule is CCC(CCO)CNC(=O)CCOc1ccccc1F. The van der Waals surface area contributed by atoms with Crippen LogP contribution in [0.1, 0.15) is 26.2 Å². The van der Waals surface area contributed by atoms with Gasteiger partial charge in [-0.05, 0) is 24.5 Å². The van der Waals surface area contributed by atoms with Crippen molar-refractivity contribution in [3.05, 3.63) is 30.1 Å². The number of carbonyl (C=O) groups excluding carboxylic acids is 1. The van der Waals surface area contributed by atoms with Gasteiger partial charge in [-0.2, -0.15) is 0 Å². The predicted molar refractivity (Wildman–Crippen MR) is 75.0 cm³/mol. The van der Waals surface area contributed by atoms with Gasteiger partial charge < -0.3 is 15.2 Å². The monoisotopic (exact) mass is 283 g/mol. The van der Waals surface area contributed by atoms with E-state index in [-0.39, 0.29) is 37.2 Å². The molecule has 0 aliphatic heterocycles. The van der Waals surface area contributed by atoms with E-state index in [1.807, 2.05) is 6.92 Å². The Labute approximate surface area is 119 Å². The first-order chi connectivity index (χ1) is 9.67. The Kier molecular flexibility index (Phi) is 7.65. The van der Waals surface area contributed by atoms with Crippen molar-refractivity contribution >= 4 is 5.91 Å². The third-order valence-electron chi connectivity index (χ3n) is 3.13. The maximum absolute atomic E-state index is 13.2. The van der Waals surface area contributed by atoms with Gasteiger partial charge in [0.15, 0.2) is 11.6 Å². The standard InChI is InChI=1S/C15H22FNO3/c1-2-12(7-9-18)11-17-15(19)8-10-20-14-6-4-3-5-13(14)16/h3-6,12,18H,2,7-11H2,1H3,(H,17,19). The lowest BCUT2D eigenvalue weighted by Gasteiger charge is -2.14. The minimum Gasteiger partial charge on any atom is -0.490 e. The summed E-state index contributed by atoms with van der Waals surface area (Å²) >= 11 is 0. The highest BCUT2D eigenvalue weighted by Gasteiger charge is 2.09. The second-order valence-corrected chi connectivity index (χ2v) is 4.62. The molecule has 2 N–H and O–H groups in total. The Morgan fingerprint density at radius 3 is 2.85 bits per heavy atom. The summed E-state index contributed by atoms with van der Waals surface area (Å²) in [6.45, 7) is 2.84. The first-order valence-corrected chi connectivity index (χ1v) is 6.92. The highest BCUT2D eigenvalue weighted by atomic mass is 19.1. The summed E-state index contributed by atoms with van der Waals surface area (Å²) in [5.74, 6) is -0.108. The summed E-state index contributed by atoms with van der Waals surface area (Å²) in [6.07, 6.45) is 1.78. The number of amides is 1. The van der Waals surface area contributed by atoms with E-state index in [0.717, 1.165) is 6.42 Å². The first-order valence-electron chi connectivity index (χ1n) is 6.92. The number of benzene rings is 1. The molecule has 1 rings (SSSR count). The van der Waals surface area contributed by atoms with Gasteiger partial charge in [0.25, 0.3) is 0 Å². The van der Waals surface area contributed by atoms with Crippen LogP contribution in [-0.4, -0.2) is 30.8 Å². The molecule has 0 aromatic heterocycles. The molecule has 4 nitrogen and oxygen atoms in total. The normalized spacial score (nSPS) is 11.9. The van der Waals surface area contributed by atoms with Crippen molar-refractivity contribution in [2.75, 3.05) is 19.8 Å². The molecule has 1 amide bonds. The molecule has 1 atom stereocenters. The molecule has 0 aliphatic carbocycles. The number of aliphatic hydroxyl groups excluding tert-OH is 1. The smallest absolute Gasteiger partial charge is 0.223 e. The third kappa shape index (κ3) is 6.02. The zero-order valence-corrected chi connectivity index (χ0v) is 11.8. The molecule has 0 bridgehead atoms. The van der Waals surface area contributed by atoms with E-state index in [4.69, 9.17) is 9.84 Å². The number of rotatable bonds is 9. The number of hydrogen-bond acceptors (Lipinski definition) is 3. The van der Waals surface area contributed by atoms with Crippen LogP contribution in [-0.2, 0) is 4.79 Å². The van der Waals surface area contributed by atoms with E-state index in [0.29, 0.717) is 13.0 Å². The second-order valence-electron chi connectivity index (χ2n) is 4.62. The molecule has 1 aromatic rings. The molecule has 0 heterocycles.